The summed E-state index contributed by atoms with van der Waals surface area (Å²) in [6.07, 6.45) is 10.1. The molecule has 0 aromatic carbocycles. The van der Waals surface area contributed by atoms with Gasteiger partial charge < -0.3 is 14.4 Å². The molecule has 4 heterocycles. The topological polar surface area (TPSA) is 54.9 Å². The fourth-order valence-electron chi connectivity index (χ4n) is 6.29. The molecular weight excluding hydrogens is 414 g/mol. The predicted molar refractivity (Wildman–Crippen MR) is 130 cm³/mol. The second kappa shape index (κ2) is 10.7. The van der Waals surface area contributed by atoms with Gasteiger partial charge in [-0.05, 0) is 57.4 Å². The van der Waals surface area contributed by atoms with Crippen LogP contribution in [0.1, 0.15) is 62.6 Å². The number of ether oxygens (including phenoxy) is 2. The Morgan fingerprint density at radius 3 is 2.48 bits per heavy atom. The summed E-state index contributed by atoms with van der Waals surface area (Å²) in [5, 5.41) is 0. The second-order valence-electron chi connectivity index (χ2n) is 10.7. The van der Waals surface area contributed by atoms with Crippen molar-refractivity contribution in [3.8, 4) is 5.75 Å². The van der Waals surface area contributed by atoms with Crippen LogP contribution < -0.4 is 9.64 Å². The van der Waals surface area contributed by atoms with E-state index in [0.29, 0.717) is 11.7 Å². The van der Waals surface area contributed by atoms with E-state index in [2.05, 4.69) is 22.8 Å². The summed E-state index contributed by atoms with van der Waals surface area (Å²) in [4.78, 5) is 22.6. The Bertz CT molecular complexity index is 807. The average molecular weight is 456 g/mol. The maximum absolute atomic E-state index is 12.6. The maximum Gasteiger partial charge on any atom is 0.136 e. The van der Waals surface area contributed by atoms with Gasteiger partial charge in [-0.3, -0.25) is 9.69 Å². The minimum Gasteiger partial charge on any atom is -0.493 e. The van der Waals surface area contributed by atoms with Crippen molar-refractivity contribution in [1.29, 1.82) is 0 Å². The van der Waals surface area contributed by atoms with Gasteiger partial charge in [0.05, 0.1) is 6.61 Å². The number of Topliss-reactive ketones (excluding diaryl/α,β-unsaturated/α-hetero) is 1. The molecule has 2 saturated heterocycles. The molecule has 0 atom stereocenters. The lowest BCUT2D eigenvalue weighted by atomic mass is 9.77. The summed E-state index contributed by atoms with van der Waals surface area (Å²) in [7, 11) is 0. The first-order valence-electron chi connectivity index (χ1n) is 13.4. The van der Waals surface area contributed by atoms with Gasteiger partial charge in [0.15, 0.2) is 0 Å². The number of carbonyl (C=O) groups is 1. The number of ketones is 1. The maximum atomic E-state index is 12.6. The van der Waals surface area contributed by atoms with E-state index in [1.54, 1.807) is 0 Å². The number of aryl methyl sites for hydroxylation is 1. The van der Waals surface area contributed by atoms with Crippen LogP contribution >= 0.6 is 0 Å². The van der Waals surface area contributed by atoms with Crippen molar-refractivity contribution in [3.63, 3.8) is 0 Å². The SMILES string of the molecule is Cc1cc2c(c(N3CCN(CCC4CCC(CC(=O)C5CCOCC5)CC4)CC3)n1)CCO2. The van der Waals surface area contributed by atoms with Crippen LogP contribution in [0.5, 0.6) is 5.75 Å². The number of anilines is 1. The molecule has 0 radical (unpaired) electrons. The number of fused-ring (bicyclic) bond motifs is 1. The number of aromatic nitrogens is 1. The number of nitrogens with zero attached hydrogens (tertiary/aromatic N) is 3. The largest absolute Gasteiger partial charge is 0.493 e. The van der Waals surface area contributed by atoms with Crippen molar-refractivity contribution in [2.45, 2.75) is 64.7 Å². The van der Waals surface area contributed by atoms with Gasteiger partial charge in [0.25, 0.3) is 0 Å². The van der Waals surface area contributed by atoms with Crippen LogP contribution in [0, 0.1) is 24.7 Å². The van der Waals surface area contributed by atoms with E-state index in [9.17, 15) is 4.79 Å². The Hall–Kier alpha value is -1.66. The number of hydrogen-bond acceptors (Lipinski definition) is 6. The van der Waals surface area contributed by atoms with Gasteiger partial charge in [-0.1, -0.05) is 12.8 Å². The Labute approximate surface area is 199 Å². The predicted octanol–water partition coefficient (Wildman–Crippen LogP) is 4.03. The molecule has 1 aromatic rings. The molecule has 33 heavy (non-hydrogen) atoms. The van der Waals surface area contributed by atoms with Crippen molar-refractivity contribution in [2.24, 2.45) is 17.8 Å². The number of pyridine rings is 1. The molecular formula is C27H41N3O3. The van der Waals surface area contributed by atoms with Crippen molar-refractivity contribution in [1.82, 2.24) is 9.88 Å². The van der Waals surface area contributed by atoms with Crippen molar-refractivity contribution in [3.05, 3.63) is 17.3 Å². The number of carbonyl (C=O) groups excluding carboxylic acids is 1. The summed E-state index contributed by atoms with van der Waals surface area (Å²) >= 11 is 0. The van der Waals surface area contributed by atoms with Crippen LogP contribution in [0.4, 0.5) is 5.82 Å². The van der Waals surface area contributed by atoms with Gasteiger partial charge in [-0.15, -0.1) is 0 Å². The van der Waals surface area contributed by atoms with Gasteiger partial charge in [0.1, 0.15) is 17.4 Å². The lowest BCUT2D eigenvalue weighted by Gasteiger charge is -2.37. The third-order valence-electron chi connectivity index (χ3n) is 8.46. The smallest absolute Gasteiger partial charge is 0.136 e. The molecule has 0 N–H and O–H groups in total. The van der Waals surface area contributed by atoms with E-state index in [4.69, 9.17) is 14.5 Å². The summed E-state index contributed by atoms with van der Waals surface area (Å²) in [6.45, 7) is 9.99. The number of rotatable bonds is 7. The molecule has 0 bridgehead atoms. The minimum atomic E-state index is 0.277. The first-order chi connectivity index (χ1) is 16.2. The van der Waals surface area contributed by atoms with Crippen LogP contribution in [0.2, 0.25) is 0 Å². The van der Waals surface area contributed by atoms with Crippen molar-refractivity contribution in [2.75, 3.05) is 57.4 Å². The highest BCUT2D eigenvalue weighted by Gasteiger charge is 2.29. The molecule has 5 rings (SSSR count). The Kier molecular flexibility index (Phi) is 7.51. The zero-order chi connectivity index (χ0) is 22.6. The molecule has 182 valence electrons. The van der Waals surface area contributed by atoms with E-state index < -0.39 is 0 Å². The highest BCUT2D eigenvalue weighted by atomic mass is 16.5. The van der Waals surface area contributed by atoms with E-state index in [1.165, 1.54) is 44.2 Å². The monoisotopic (exact) mass is 455 g/mol. The third-order valence-corrected chi connectivity index (χ3v) is 8.46. The Balaban J connectivity index is 1.02. The Morgan fingerprint density at radius 2 is 1.73 bits per heavy atom. The molecule has 6 nitrogen and oxygen atoms in total. The van der Waals surface area contributed by atoms with Gasteiger partial charge >= 0.3 is 0 Å². The molecule has 0 spiro atoms. The molecule has 6 heteroatoms. The van der Waals surface area contributed by atoms with Crippen LogP contribution in [-0.2, 0) is 16.0 Å². The lowest BCUT2D eigenvalue weighted by molar-refractivity contribution is -0.126. The normalized spacial score (nSPS) is 26.8. The van der Waals surface area contributed by atoms with Gasteiger partial charge in [0, 0.05) is 75.5 Å². The van der Waals surface area contributed by atoms with Gasteiger partial charge in [-0.2, -0.15) is 0 Å². The van der Waals surface area contributed by atoms with Gasteiger partial charge in [0.2, 0.25) is 0 Å². The highest BCUT2D eigenvalue weighted by molar-refractivity contribution is 5.81. The molecule has 1 aliphatic carbocycles. The number of hydrogen-bond donors (Lipinski definition) is 0. The molecule has 4 aliphatic rings. The zero-order valence-corrected chi connectivity index (χ0v) is 20.4. The standard InChI is InChI=1S/C27H41N3O3/c1-20-18-26-24(9-17-33-26)27(28-20)30-13-11-29(12-14-30)10-6-21-2-4-22(5-3-21)19-25(31)23-7-15-32-16-8-23/h18,21-23H,2-17,19H2,1H3. The van der Waals surface area contributed by atoms with E-state index >= 15 is 0 Å². The fourth-order valence-corrected chi connectivity index (χ4v) is 6.29. The van der Waals surface area contributed by atoms with Crippen LogP contribution in [-0.4, -0.2) is 68.2 Å². The summed E-state index contributed by atoms with van der Waals surface area (Å²) < 4.78 is 11.2. The van der Waals surface area contributed by atoms with E-state index in [0.717, 1.165) is 94.9 Å². The van der Waals surface area contributed by atoms with E-state index in [1.807, 2.05) is 0 Å². The third kappa shape index (κ3) is 5.71. The van der Waals surface area contributed by atoms with Crippen molar-refractivity contribution < 1.29 is 14.3 Å². The van der Waals surface area contributed by atoms with Crippen LogP contribution in [0.25, 0.3) is 0 Å². The first kappa shape index (κ1) is 23.1. The average Bonchev–Trinajstić information content (AvgIpc) is 3.32. The lowest BCUT2D eigenvalue weighted by Crippen LogP contribution is -2.47. The molecule has 0 unspecified atom stereocenters. The first-order valence-corrected chi connectivity index (χ1v) is 13.4. The van der Waals surface area contributed by atoms with Crippen molar-refractivity contribution >= 4 is 11.6 Å². The zero-order valence-electron chi connectivity index (χ0n) is 20.4. The van der Waals surface area contributed by atoms with Crippen LogP contribution in [0.15, 0.2) is 6.07 Å². The number of piperazine rings is 1. The fraction of sp³-hybridized carbons (Fsp3) is 0.778. The summed E-state index contributed by atoms with van der Waals surface area (Å²) in [5.41, 5.74) is 2.36. The van der Waals surface area contributed by atoms with E-state index in [-0.39, 0.29) is 5.92 Å². The molecule has 3 aliphatic heterocycles. The molecule has 1 aromatic heterocycles. The molecule has 0 amide bonds. The molecule has 3 fully saturated rings. The minimum absolute atomic E-state index is 0.277. The Morgan fingerprint density at radius 1 is 1.00 bits per heavy atom. The summed E-state index contributed by atoms with van der Waals surface area (Å²) in [5.74, 6) is 4.48. The molecule has 1 saturated carbocycles. The summed E-state index contributed by atoms with van der Waals surface area (Å²) in [6, 6.07) is 2.08. The highest BCUT2D eigenvalue weighted by Crippen LogP contribution is 2.35. The van der Waals surface area contributed by atoms with Gasteiger partial charge in [-0.25, -0.2) is 4.98 Å². The second-order valence-corrected chi connectivity index (χ2v) is 10.7. The quantitative estimate of drug-likeness (QED) is 0.619. The van der Waals surface area contributed by atoms with Crippen LogP contribution in [0.3, 0.4) is 0 Å².